The minimum absolute atomic E-state index is 0.269. The Kier molecular flexibility index (Phi) is 5.43. The first kappa shape index (κ1) is 17.4. The minimum atomic E-state index is -0.269. The summed E-state index contributed by atoms with van der Waals surface area (Å²) >= 11 is 0. The molecule has 0 unspecified atom stereocenters. The van der Waals surface area contributed by atoms with Crippen molar-refractivity contribution in [1.29, 1.82) is 0 Å². The van der Waals surface area contributed by atoms with Gasteiger partial charge in [0.2, 0.25) is 5.95 Å². The van der Waals surface area contributed by atoms with E-state index in [9.17, 15) is 4.79 Å². The third-order valence-electron chi connectivity index (χ3n) is 3.89. The molecule has 0 aliphatic heterocycles. The number of amides is 1. The Morgan fingerprint density at radius 3 is 2.58 bits per heavy atom. The number of methoxy groups -OCH3 is 1. The van der Waals surface area contributed by atoms with Gasteiger partial charge in [-0.3, -0.25) is 4.79 Å². The number of benzene rings is 2. The Balaban J connectivity index is 1.65. The molecule has 3 aromatic rings. The Morgan fingerprint density at radius 1 is 1.08 bits per heavy atom. The van der Waals surface area contributed by atoms with E-state index in [1.54, 1.807) is 19.4 Å². The van der Waals surface area contributed by atoms with Gasteiger partial charge in [0.05, 0.1) is 7.11 Å². The van der Waals surface area contributed by atoms with Gasteiger partial charge in [-0.05, 0) is 42.3 Å². The van der Waals surface area contributed by atoms with E-state index in [4.69, 9.17) is 4.74 Å². The normalized spacial score (nSPS) is 10.2. The number of para-hydroxylation sites is 1. The van der Waals surface area contributed by atoms with E-state index in [1.165, 1.54) is 0 Å². The van der Waals surface area contributed by atoms with Gasteiger partial charge in [-0.25, -0.2) is 9.97 Å². The van der Waals surface area contributed by atoms with Gasteiger partial charge in [0, 0.05) is 18.4 Å². The number of carbonyl (C=O) groups is 1. The van der Waals surface area contributed by atoms with E-state index in [0.717, 1.165) is 22.6 Å². The van der Waals surface area contributed by atoms with Crippen molar-refractivity contribution >= 4 is 17.5 Å². The van der Waals surface area contributed by atoms with E-state index in [1.807, 2.05) is 55.5 Å². The van der Waals surface area contributed by atoms with Crippen molar-refractivity contribution in [2.24, 2.45) is 0 Å². The smallest absolute Gasteiger partial charge is 0.274 e. The molecule has 1 amide bonds. The summed E-state index contributed by atoms with van der Waals surface area (Å²) in [7, 11) is 1.63. The molecule has 1 heterocycles. The standard InChI is InChI=1S/C20H20N4O2/c1-14-5-3-4-6-17(14)23-19(25)18-11-12-21-20(24-18)22-13-15-7-9-16(26-2)10-8-15/h3-12H,13H2,1-2H3,(H,23,25)(H,21,22,24). The molecule has 2 aromatic carbocycles. The molecule has 0 aliphatic carbocycles. The summed E-state index contributed by atoms with van der Waals surface area (Å²) in [5.41, 5.74) is 3.13. The predicted octanol–water partition coefficient (Wildman–Crippen LogP) is 3.66. The monoisotopic (exact) mass is 348 g/mol. The van der Waals surface area contributed by atoms with Crippen LogP contribution < -0.4 is 15.4 Å². The van der Waals surface area contributed by atoms with Crippen LogP contribution in [0.25, 0.3) is 0 Å². The zero-order chi connectivity index (χ0) is 18.4. The van der Waals surface area contributed by atoms with Gasteiger partial charge in [-0.2, -0.15) is 0 Å². The van der Waals surface area contributed by atoms with Crippen LogP contribution in [-0.2, 0) is 6.54 Å². The van der Waals surface area contributed by atoms with Crippen molar-refractivity contribution in [2.45, 2.75) is 13.5 Å². The van der Waals surface area contributed by atoms with Crippen LogP contribution in [-0.4, -0.2) is 23.0 Å². The Hall–Kier alpha value is -3.41. The lowest BCUT2D eigenvalue weighted by Crippen LogP contribution is -2.16. The number of aryl methyl sites for hydroxylation is 1. The number of nitrogens with zero attached hydrogens (tertiary/aromatic N) is 2. The summed E-state index contributed by atoms with van der Waals surface area (Å²) in [6.07, 6.45) is 1.57. The number of ether oxygens (including phenoxy) is 1. The molecule has 26 heavy (non-hydrogen) atoms. The molecule has 0 atom stereocenters. The number of carbonyl (C=O) groups excluding carboxylic acids is 1. The van der Waals surface area contributed by atoms with Crippen LogP contribution in [0.5, 0.6) is 5.75 Å². The first-order valence-corrected chi connectivity index (χ1v) is 8.22. The second-order valence-electron chi connectivity index (χ2n) is 5.74. The Bertz CT molecular complexity index is 894. The molecule has 0 fully saturated rings. The molecule has 6 nitrogen and oxygen atoms in total. The van der Waals surface area contributed by atoms with Gasteiger partial charge in [-0.15, -0.1) is 0 Å². The molecule has 0 aliphatic rings. The third-order valence-corrected chi connectivity index (χ3v) is 3.89. The fourth-order valence-electron chi connectivity index (χ4n) is 2.39. The highest BCUT2D eigenvalue weighted by molar-refractivity contribution is 6.03. The van der Waals surface area contributed by atoms with Crippen molar-refractivity contribution in [2.75, 3.05) is 17.7 Å². The fourth-order valence-corrected chi connectivity index (χ4v) is 2.39. The van der Waals surface area contributed by atoms with E-state index in [0.29, 0.717) is 18.2 Å². The lowest BCUT2D eigenvalue weighted by molar-refractivity contribution is 0.102. The zero-order valence-corrected chi connectivity index (χ0v) is 14.7. The van der Waals surface area contributed by atoms with Crippen LogP contribution in [0, 0.1) is 6.92 Å². The molecule has 0 bridgehead atoms. The number of rotatable bonds is 6. The van der Waals surface area contributed by atoms with Crippen molar-refractivity contribution in [3.63, 3.8) is 0 Å². The summed E-state index contributed by atoms with van der Waals surface area (Å²) in [4.78, 5) is 20.9. The summed E-state index contributed by atoms with van der Waals surface area (Å²) < 4.78 is 5.14. The van der Waals surface area contributed by atoms with E-state index in [-0.39, 0.29) is 5.91 Å². The second kappa shape index (κ2) is 8.11. The largest absolute Gasteiger partial charge is 0.497 e. The van der Waals surface area contributed by atoms with Crippen LogP contribution in [0.2, 0.25) is 0 Å². The van der Waals surface area contributed by atoms with Gasteiger partial charge < -0.3 is 15.4 Å². The first-order valence-electron chi connectivity index (χ1n) is 8.22. The highest BCUT2D eigenvalue weighted by Gasteiger charge is 2.10. The van der Waals surface area contributed by atoms with Crippen LogP contribution in [0.15, 0.2) is 60.8 Å². The number of nitrogens with one attached hydrogen (secondary N) is 2. The number of hydrogen-bond donors (Lipinski definition) is 2. The van der Waals surface area contributed by atoms with Crippen molar-refractivity contribution in [1.82, 2.24) is 9.97 Å². The molecule has 0 saturated carbocycles. The molecule has 1 aromatic heterocycles. The summed E-state index contributed by atoms with van der Waals surface area (Å²) in [5, 5.41) is 6.00. The molecule has 6 heteroatoms. The number of hydrogen-bond acceptors (Lipinski definition) is 5. The third kappa shape index (κ3) is 4.36. The molecular formula is C20H20N4O2. The van der Waals surface area contributed by atoms with Crippen molar-refractivity contribution < 1.29 is 9.53 Å². The lowest BCUT2D eigenvalue weighted by atomic mass is 10.2. The quantitative estimate of drug-likeness (QED) is 0.711. The summed E-state index contributed by atoms with van der Waals surface area (Å²) in [6.45, 7) is 2.49. The van der Waals surface area contributed by atoms with E-state index in [2.05, 4.69) is 20.6 Å². The van der Waals surface area contributed by atoms with Crippen LogP contribution in [0.3, 0.4) is 0 Å². The number of aromatic nitrogens is 2. The van der Waals surface area contributed by atoms with Crippen molar-refractivity contribution in [3.05, 3.63) is 77.6 Å². The number of anilines is 2. The maximum atomic E-state index is 12.4. The van der Waals surface area contributed by atoms with E-state index < -0.39 is 0 Å². The maximum Gasteiger partial charge on any atom is 0.274 e. The fraction of sp³-hybridized carbons (Fsp3) is 0.150. The van der Waals surface area contributed by atoms with Gasteiger partial charge in [0.1, 0.15) is 11.4 Å². The topological polar surface area (TPSA) is 76.1 Å². The highest BCUT2D eigenvalue weighted by Crippen LogP contribution is 2.15. The van der Waals surface area contributed by atoms with Crippen LogP contribution in [0.4, 0.5) is 11.6 Å². The molecule has 3 rings (SSSR count). The minimum Gasteiger partial charge on any atom is -0.497 e. The molecule has 2 N–H and O–H groups in total. The van der Waals surface area contributed by atoms with Crippen LogP contribution in [0.1, 0.15) is 21.6 Å². The lowest BCUT2D eigenvalue weighted by Gasteiger charge is -2.09. The SMILES string of the molecule is COc1ccc(CNc2nccc(C(=O)Nc3ccccc3C)n2)cc1. The van der Waals surface area contributed by atoms with Crippen LogP contribution >= 0.6 is 0 Å². The molecule has 0 saturated heterocycles. The van der Waals surface area contributed by atoms with Gasteiger partial charge in [0.25, 0.3) is 5.91 Å². The van der Waals surface area contributed by atoms with Gasteiger partial charge in [-0.1, -0.05) is 30.3 Å². The zero-order valence-electron chi connectivity index (χ0n) is 14.7. The van der Waals surface area contributed by atoms with Crippen molar-refractivity contribution in [3.8, 4) is 5.75 Å². The van der Waals surface area contributed by atoms with Gasteiger partial charge in [0.15, 0.2) is 0 Å². The summed E-state index contributed by atoms with van der Waals surface area (Å²) in [6, 6.07) is 16.9. The maximum absolute atomic E-state index is 12.4. The average molecular weight is 348 g/mol. The highest BCUT2D eigenvalue weighted by atomic mass is 16.5. The predicted molar refractivity (Wildman–Crippen MR) is 101 cm³/mol. The molecule has 0 radical (unpaired) electrons. The van der Waals surface area contributed by atoms with Gasteiger partial charge >= 0.3 is 0 Å². The Labute approximate surface area is 152 Å². The Morgan fingerprint density at radius 2 is 1.85 bits per heavy atom. The first-order chi connectivity index (χ1) is 12.7. The molecule has 132 valence electrons. The molecular weight excluding hydrogens is 328 g/mol. The molecule has 0 spiro atoms. The average Bonchev–Trinajstić information content (AvgIpc) is 2.69. The second-order valence-corrected chi connectivity index (χ2v) is 5.74. The summed E-state index contributed by atoms with van der Waals surface area (Å²) in [5.74, 6) is 0.937. The van der Waals surface area contributed by atoms with E-state index >= 15 is 0 Å².